The summed E-state index contributed by atoms with van der Waals surface area (Å²) in [6.45, 7) is 1.74. The number of benzene rings is 1. The number of hydrogen-bond acceptors (Lipinski definition) is 4. The molecule has 0 radical (unpaired) electrons. The number of aliphatic hydroxyl groups is 1. The van der Waals surface area contributed by atoms with Gasteiger partial charge in [-0.3, -0.25) is 4.98 Å². The van der Waals surface area contributed by atoms with Gasteiger partial charge in [0.25, 0.3) is 0 Å². The van der Waals surface area contributed by atoms with Crippen molar-refractivity contribution >= 4 is 11.6 Å². The van der Waals surface area contributed by atoms with E-state index in [9.17, 15) is 5.11 Å². The van der Waals surface area contributed by atoms with Crippen LogP contribution < -0.4 is 0 Å². The molecule has 2 aromatic heterocycles. The number of aliphatic hydroxyl groups excluding tert-OH is 1. The van der Waals surface area contributed by atoms with Gasteiger partial charge in [-0.25, -0.2) is 9.97 Å². The average molecular weight is 326 g/mol. The molecule has 2 heterocycles. The van der Waals surface area contributed by atoms with Crippen molar-refractivity contribution in [3.05, 3.63) is 65.6 Å². The van der Waals surface area contributed by atoms with Crippen LogP contribution >= 0.6 is 11.6 Å². The molecule has 0 fully saturated rings. The zero-order valence-electron chi connectivity index (χ0n) is 12.6. The maximum absolute atomic E-state index is 9.37. The highest BCUT2D eigenvalue weighted by atomic mass is 35.5. The van der Waals surface area contributed by atoms with Crippen molar-refractivity contribution in [2.45, 2.75) is 19.4 Å². The molecule has 5 heteroatoms. The van der Waals surface area contributed by atoms with E-state index in [1.807, 2.05) is 36.4 Å². The smallest absolute Gasteiger partial charge is 0.178 e. The minimum Gasteiger partial charge on any atom is -0.393 e. The highest BCUT2D eigenvalue weighted by molar-refractivity contribution is 6.30. The Bertz CT molecular complexity index is 769. The molecule has 0 aliphatic rings. The zero-order valence-corrected chi connectivity index (χ0v) is 13.4. The SMILES string of the molecule is CC(O)Cc1cnc(-c2ccc(-c3ccc(Cl)cc3)cn2)nc1. The molecule has 0 aliphatic carbocycles. The Morgan fingerprint density at radius 3 is 2.13 bits per heavy atom. The van der Waals surface area contributed by atoms with Crippen molar-refractivity contribution in [3.8, 4) is 22.6 Å². The molecule has 3 rings (SSSR count). The van der Waals surface area contributed by atoms with Crippen molar-refractivity contribution in [1.29, 1.82) is 0 Å². The molecule has 0 amide bonds. The number of pyridine rings is 1. The lowest BCUT2D eigenvalue weighted by Gasteiger charge is -2.05. The minimum atomic E-state index is -0.402. The second-order valence-electron chi connectivity index (χ2n) is 5.41. The lowest BCUT2D eigenvalue weighted by atomic mass is 10.1. The summed E-state index contributed by atoms with van der Waals surface area (Å²) >= 11 is 5.90. The molecule has 0 saturated carbocycles. The van der Waals surface area contributed by atoms with E-state index >= 15 is 0 Å². The first-order valence-corrected chi connectivity index (χ1v) is 7.71. The summed E-state index contributed by atoms with van der Waals surface area (Å²) in [5, 5.41) is 10.1. The topological polar surface area (TPSA) is 58.9 Å². The maximum atomic E-state index is 9.37. The Morgan fingerprint density at radius 2 is 1.57 bits per heavy atom. The molecular weight excluding hydrogens is 310 g/mol. The van der Waals surface area contributed by atoms with E-state index in [0.29, 0.717) is 23.0 Å². The van der Waals surface area contributed by atoms with Gasteiger partial charge in [0.15, 0.2) is 5.82 Å². The van der Waals surface area contributed by atoms with Crippen molar-refractivity contribution < 1.29 is 5.11 Å². The summed E-state index contributed by atoms with van der Waals surface area (Å²) in [5.41, 5.74) is 3.69. The monoisotopic (exact) mass is 325 g/mol. The van der Waals surface area contributed by atoms with Crippen LogP contribution in [0.25, 0.3) is 22.6 Å². The molecule has 23 heavy (non-hydrogen) atoms. The summed E-state index contributed by atoms with van der Waals surface area (Å²) in [5.74, 6) is 0.571. The largest absolute Gasteiger partial charge is 0.393 e. The summed E-state index contributed by atoms with van der Waals surface area (Å²) < 4.78 is 0. The van der Waals surface area contributed by atoms with Crippen LogP contribution in [0.4, 0.5) is 0 Å². The fraction of sp³-hybridized carbons (Fsp3) is 0.167. The van der Waals surface area contributed by atoms with E-state index in [0.717, 1.165) is 16.7 Å². The molecule has 4 nitrogen and oxygen atoms in total. The third-order valence-electron chi connectivity index (χ3n) is 3.41. The van der Waals surface area contributed by atoms with E-state index in [1.165, 1.54) is 0 Å². The van der Waals surface area contributed by atoms with E-state index in [1.54, 1.807) is 25.5 Å². The first-order valence-electron chi connectivity index (χ1n) is 7.33. The molecule has 116 valence electrons. The van der Waals surface area contributed by atoms with Gasteiger partial charge in [-0.15, -0.1) is 0 Å². The minimum absolute atomic E-state index is 0.402. The maximum Gasteiger partial charge on any atom is 0.178 e. The highest BCUT2D eigenvalue weighted by Gasteiger charge is 2.06. The quantitative estimate of drug-likeness (QED) is 0.793. The number of aromatic nitrogens is 3. The van der Waals surface area contributed by atoms with Gasteiger partial charge in [0.05, 0.1) is 6.10 Å². The van der Waals surface area contributed by atoms with Gasteiger partial charge in [0, 0.05) is 35.6 Å². The van der Waals surface area contributed by atoms with Crippen molar-refractivity contribution in [2.24, 2.45) is 0 Å². The molecule has 0 bridgehead atoms. The summed E-state index contributed by atoms with van der Waals surface area (Å²) in [4.78, 5) is 13.1. The van der Waals surface area contributed by atoms with Crippen molar-refractivity contribution in [2.75, 3.05) is 0 Å². The Kier molecular flexibility index (Phi) is 4.65. The van der Waals surface area contributed by atoms with Crippen LogP contribution in [0.3, 0.4) is 0 Å². The lowest BCUT2D eigenvalue weighted by molar-refractivity contribution is 0.195. The first kappa shape index (κ1) is 15.6. The van der Waals surface area contributed by atoms with E-state index in [2.05, 4.69) is 15.0 Å². The normalized spacial score (nSPS) is 12.1. The first-order chi connectivity index (χ1) is 11.1. The van der Waals surface area contributed by atoms with Crippen LogP contribution in [0.15, 0.2) is 55.0 Å². The van der Waals surface area contributed by atoms with Crippen LogP contribution in [0.5, 0.6) is 0 Å². The zero-order chi connectivity index (χ0) is 16.2. The van der Waals surface area contributed by atoms with Crippen LogP contribution in [-0.2, 0) is 6.42 Å². The van der Waals surface area contributed by atoms with Gasteiger partial charge in [0.2, 0.25) is 0 Å². The molecule has 0 saturated heterocycles. The predicted octanol–water partition coefficient (Wildman–Crippen LogP) is 3.78. The van der Waals surface area contributed by atoms with E-state index < -0.39 is 6.10 Å². The second-order valence-corrected chi connectivity index (χ2v) is 5.84. The van der Waals surface area contributed by atoms with Crippen molar-refractivity contribution in [1.82, 2.24) is 15.0 Å². The van der Waals surface area contributed by atoms with Gasteiger partial charge in [-0.05, 0) is 36.2 Å². The molecule has 1 unspecified atom stereocenters. The summed E-state index contributed by atoms with van der Waals surface area (Å²) in [7, 11) is 0. The summed E-state index contributed by atoms with van der Waals surface area (Å²) in [6, 6.07) is 11.5. The fourth-order valence-electron chi connectivity index (χ4n) is 2.27. The van der Waals surface area contributed by atoms with Gasteiger partial charge >= 0.3 is 0 Å². The number of halogens is 1. The van der Waals surface area contributed by atoms with Crippen LogP contribution in [-0.4, -0.2) is 26.2 Å². The van der Waals surface area contributed by atoms with Crippen LogP contribution in [0.2, 0.25) is 5.02 Å². The van der Waals surface area contributed by atoms with Crippen LogP contribution in [0, 0.1) is 0 Å². The Labute approximate surface area is 139 Å². The third kappa shape index (κ3) is 3.92. The number of rotatable bonds is 4. The molecule has 3 aromatic rings. The lowest BCUT2D eigenvalue weighted by Crippen LogP contribution is -2.05. The highest BCUT2D eigenvalue weighted by Crippen LogP contribution is 2.22. The number of hydrogen-bond donors (Lipinski definition) is 1. The molecule has 0 spiro atoms. The molecular formula is C18H16ClN3O. The predicted molar refractivity (Wildman–Crippen MR) is 91.1 cm³/mol. The summed E-state index contributed by atoms with van der Waals surface area (Å²) in [6.07, 6.45) is 5.39. The second kappa shape index (κ2) is 6.86. The van der Waals surface area contributed by atoms with Crippen molar-refractivity contribution in [3.63, 3.8) is 0 Å². The number of nitrogens with zero attached hydrogens (tertiary/aromatic N) is 3. The standard InChI is InChI=1S/C18H16ClN3O/c1-12(23)8-13-9-21-18(22-10-13)17-7-4-15(11-20-17)14-2-5-16(19)6-3-14/h2-7,9-12,23H,8H2,1H3. The molecule has 1 atom stereocenters. The molecule has 1 aromatic carbocycles. The average Bonchev–Trinajstić information content (AvgIpc) is 2.56. The van der Waals surface area contributed by atoms with Crippen LogP contribution in [0.1, 0.15) is 12.5 Å². The molecule has 1 N–H and O–H groups in total. The Hall–Kier alpha value is -2.30. The fourth-order valence-corrected chi connectivity index (χ4v) is 2.40. The van der Waals surface area contributed by atoms with Gasteiger partial charge in [-0.2, -0.15) is 0 Å². The van der Waals surface area contributed by atoms with E-state index in [-0.39, 0.29) is 0 Å². The van der Waals surface area contributed by atoms with Gasteiger partial charge in [-0.1, -0.05) is 29.8 Å². The van der Waals surface area contributed by atoms with Gasteiger partial charge in [0.1, 0.15) is 5.69 Å². The Balaban J connectivity index is 1.80. The van der Waals surface area contributed by atoms with E-state index in [4.69, 9.17) is 11.6 Å². The Morgan fingerprint density at radius 1 is 0.913 bits per heavy atom. The third-order valence-corrected chi connectivity index (χ3v) is 3.66. The molecule has 0 aliphatic heterocycles. The van der Waals surface area contributed by atoms with Gasteiger partial charge < -0.3 is 5.11 Å².